The van der Waals surface area contributed by atoms with Crippen LogP contribution in [0.5, 0.6) is 0 Å². The zero-order valence-electron chi connectivity index (χ0n) is 11.5. The third-order valence-electron chi connectivity index (χ3n) is 4.14. The molecular weight excluding hydrogens is 264 g/mol. The highest BCUT2D eigenvalue weighted by molar-refractivity contribution is 5.99. The maximum absolute atomic E-state index is 12.3. The Labute approximate surface area is 123 Å². The van der Waals surface area contributed by atoms with Crippen molar-refractivity contribution in [2.45, 2.75) is 18.8 Å². The van der Waals surface area contributed by atoms with Crippen LogP contribution in [0.2, 0.25) is 0 Å². The smallest absolute Gasteiger partial charge is 0.311 e. The molecule has 3 heteroatoms. The number of carbonyl (C=O) groups is 2. The molecule has 0 spiro atoms. The van der Waals surface area contributed by atoms with Gasteiger partial charge in [-0.2, -0.15) is 0 Å². The minimum Gasteiger partial charge on any atom is -0.481 e. The summed E-state index contributed by atoms with van der Waals surface area (Å²) in [4.78, 5) is 24.0. The number of hydrogen-bond acceptors (Lipinski definition) is 2. The molecule has 1 aliphatic carbocycles. The number of fused-ring (bicyclic) bond motifs is 1. The number of Topliss-reactive ketones (excluding diaryl/α,β-unsaturated/α-hetero) is 1. The standard InChI is InChI=1S/C18H16O3/c19-16-11-14(10-13-8-4-5-9-15(13)16)17(18(20)21)12-6-2-1-3-7-12/h1-9,14,17H,10-11H2,(H,20,21)/t14?,17-/m1/s1. The molecule has 3 nitrogen and oxygen atoms in total. The lowest BCUT2D eigenvalue weighted by Gasteiger charge is -2.28. The molecule has 2 aromatic carbocycles. The highest BCUT2D eigenvalue weighted by Crippen LogP contribution is 2.35. The summed E-state index contributed by atoms with van der Waals surface area (Å²) in [5.41, 5.74) is 2.47. The Morgan fingerprint density at radius 1 is 1.00 bits per heavy atom. The molecule has 0 saturated carbocycles. The van der Waals surface area contributed by atoms with E-state index in [9.17, 15) is 14.7 Å². The Bertz CT molecular complexity index is 676. The number of ketones is 1. The molecule has 0 fully saturated rings. The minimum atomic E-state index is -0.863. The molecule has 0 heterocycles. The van der Waals surface area contributed by atoms with Crippen LogP contribution in [0.3, 0.4) is 0 Å². The van der Waals surface area contributed by atoms with Gasteiger partial charge < -0.3 is 5.11 Å². The predicted molar refractivity (Wildman–Crippen MR) is 79.4 cm³/mol. The molecule has 0 amide bonds. The van der Waals surface area contributed by atoms with Gasteiger partial charge in [0.1, 0.15) is 0 Å². The van der Waals surface area contributed by atoms with Crippen LogP contribution in [0.25, 0.3) is 0 Å². The summed E-state index contributed by atoms with van der Waals surface area (Å²) in [6, 6.07) is 16.7. The Hall–Kier alpha value is -2.42. The molecule has 0 radical (unpaired) electrons. The van der Waals surface area contributed by atoms with Crippen molar-refractivity contribution in [3.8, 4) is 0 Å². The fourth-order valence-corrected chi connectivity index (χ4v) is 3.19. The fourth-order valence-electron chi connectivity index (χ4n) is 3.19. The van der Waals surface area contributed by atoms with Crippen molar-refractivity contribution < 1.29 is 14.7 Å². The van der Waals surface area contributed by atoms with E-state index < -0.39 is 11.9 Å². The van der Waals surface area contributed by atoms with Crippen molar-refractivity contribution in [1.29, 1.82) is 0 Å². The minimum absolute atomic E-state index is 0.0454. The zero-order chi connectivity index (χ0) is 14.8. The molecule has 0 aliphatic heterocycles. The monoisotopic (exact) mass is 280 g/mol. The molecule has 1 aliphatic rings. The van der Waals surface area contributed by atoms with Gasteiger partial charge in [0.25, 0.3) is 0 Å². The van der Waals surface area contributed by atoms with Gasteiger partial charge in [-0.25, -0.2) is 0 Å². The quantitative estimate of drug-likeness (QED) is 0.938. The Morgan fingerprint density at radius 2 is 1.67 bits per heavy atom. The van der Waals surface area contributed by atoms with Crippen molar-refractivity contribution >= 4 is 11.8 Å². The molecule has 106 valence electrons. The summed E-state index contributed by atoms with van der Waals surface area (Å²) in [6.45, 7) is 0. The zero-order valence-corrected chi connectivity index (χ0v) is 11.5. The fraction of sp³-hybridized carbons (Fsp3) is 0.222. The number of rotatable bonds is 3. The van der Waals surface area contributed by atoms with E-state index >= 15 is 0 Å². The summed E-state index contributed by atoms with van der Waals surface area (Å²) < 4.78 is 0. The summed E-state index contributed by atoms with van der Waals surface area (Å²) in [7, 11) is 0. The molecule has 2 aromatic rings. The van der Waals surface area contributed by atoms with Gasteiger partial charge in [-0.1, -0.05) is 54.6 Å². The topological polar surface area (TPSA) is 54.4 Å². The summed E-state index contributed by atoms with van der Waals surface area (Å²) in [5, 5.41) is 9.60. The maximum Gasteiger partial charge on any atom is 0.311 e. The lowest BCUT2D eigenvalue weighted by atomic mass is 9.74. The largest absolute Gasteiger partial charge is 0.481 e. The first-order valence-electron chi connectivity index (χ1n) is 7.05. The highest BCUT2D eigenvalue weighted by atomic mass is 16.4. The lowest BCUT2D eigenvalue weighted by molar-refractivity contribution is -0.140. The van der Waals surface area contributed by atoms with Gasteiger partial charge >= 0.3 is 5.97 Å². The lowest BCUT2D eigenvalue weighted by Crippen LogP contribution is -2.29. The van der Waals surface area contributed by atoms with Crippen molar-refractivity contribution in [3.05, 3.63) is 71.3 Å². The van der Waals surface area contributed by atoms with E-state index in [2.05, 4.69) is 0 Å². The van der Waals surface area contributed by atoms with Gasteiger partial charge in [-0.3, -0.25) is 9.59 Å². The van der Waals surface area contributed by atoms with Gasteiger partial charge in [0, 0.05) is 12.0 Å². The van der Waals surface area contributed by atoms with Crippen molar-refractivity contribution in [2.24, 2.45) is 5.92 Å². The number of benzene rings is 2. The van der Waals surface area contributed by atoms with Crippen LogP contribution in [0.1, 0.15) is 33.8 Å². The second-order valence-electron chi connectivity index (χ2n) is 5.48. The number of carbonyl (C=O) groups excluding carboxylic acids is 1. The van der Waals surface area contributed by atoms with Crippen LogP contribution >= 0.6 is 0 Å². The van der Waals surface area contributed by atoms with E-state index in [4.69, 9.17) is 0 Å². The summed E-state index contributed by atoms with van der Waals surface area (Å²) in [6.07, 6.45) is 0.927. The SMILES string of the molecule is O=C1CC([C@H](C(=O)O)c2ccccc2)Cc2ccccc21. The average Bonchev–Trinajstić information content (AvgIpc) is 2.48. The molecule has 0 bridgehead atoms. The van der Waals surface area contributed by atoms with Crippen molar-refractivity contribution in [2.75, 3.05) is 0 Å². The number of carboxylic acid groups (broad SMARTS) is 1. The molecule has 0 saturated heterocycles. The van der Waals surface area contributed by atoms with Gasteiger partial charge in [0.05, 0.1) is 5.92 Å². The first-order valence-corrected chi connectivity index (χ1v) is 7.05. The second-order valence-corrected chi connectivity index (χ2v) is 5.48. The molecular formula is C18H16O3. The van der Waals surface area contributed by atoms with Crippen molar-refractivity contribution in [1.82, 2.24) is 0 Å². The number of carboxylic acids is 1. The summed E-state index contributed by atoms with van der Waals surface area (Å²) >= 11 is 0. The molecule has 0 aromatic heterocycles. The van der Waals surface area contributed by atoms with E-state index in [0.29, 0.717) is 12.8 Å². The Kier molecular flexibility index (Phi) is 3.57. The third kappa shape index (κ3) is 2.59. The predicted octanol–water partition coefficient (Wildman–Crippen LogP) is 3.30. The second kappa shape index (κ2) is 5.52. The first-order chi connectivity index (χ1) is 10.2. The Morgan fingerprint density at radius 3 is 2.38 bits per heavy atom. The van der Waals surface area contributed by atoms with Crippen LogP contribution in [-0.4, -0.2) is 16.9 Å². The number of hydrogen-bond donors (Lipinski definition) is 1. The number of aliphatic carboxylic acids is 1. The van der Waals surface area contributed by atoms with E-state index in [1.807, 2.05) is 54.6 Å². The van der Waals surface area contributed by atoms with Crippen LogP contribution in [0.15, 0.2) is 54.6 Å². The van der Waals surface area contributed by atoms with Crippen LogP contribution in [0.4, 0.5) is 0 Å². The van der Waals surface area contributed by atoms with Crippen molar-refractivity contribution in [3.63, 3.8) is 0 Å². The molecule has 2 atom stereocenters. The summed E-state index contributed by atoms with van der Waals surface area (Å²) in [5.74, 6) is -1.64. The molecule has 1 N–H and O–H groups in total. The van der Waals surface area contributed by atoms with Gasteiger partial charge in [-0.15, -0.1) is 0 Å². The van der Waals surface area contributed by atoms with E-state index in [1.165, 1.54) is 0 Å². The molecule has 3 rings (SSSR count). The van der Waals surface area contributed by atoms with Crippen LogP contribution < -0.4 is 0 Å². The Balaban J connectivity index is 1.96. The van der Waals surface area contributed by atoms with E-state index in [-0.39, 0.29) is 11.7 Å². The maximum atomic E-state index is 12.3. The third-order valence-corrected chi connectivity index (χ3v) is 4.14. The average molecular weight is 280 g/mol. The van der Waals surface area contributed by atoms with E-state index in [1.54, 1.807) is 0 Å². The normalized spacial score (nSPS) is 18.9. The van der Waals surface area contributed by atoms with Crippen LogP contribution in [0, 0.1) is 5.92 Å². The van der Waals surface area contributed by atoms with Gasteiger partial charge in [-0.05, 0) is 23.5 Å². The molecule has 1 unspecified atom stereocenters. The van der Waals surface area contributed by atoms with Crippen LogP contribution in [-0.2, 0) is 11.2 Å². The van der Waals surface area contributed by atoms with Gasteiger partial charge in [0.15, 0.2) is 5.78 Å². The first kappa shape index (κ1) is 13.6. The van der Waals surface area contributed by atoms with E-state index in [0.717, 1.165) is 16.7 Å². The van der Waals surface area contributed by atoms with Gasteiger partial charge in [0.2, 0.25) is 0 Å². The molecule has 21 heavy (non-hydrogen) atoms. The highest BCUT2D eigenvalue weighted by Gasteiger charge is 2.35.